The van der Waals surface area contributed by atoms with Gasteiger partial charge in [0.1, 0.15) is 0 Å². The molecule has 0 aliphatic rings. The van der Waals surface area contributed by atoms with E-state index in [1.54, 1.807) is 0 Å². The van der Waals surface area contributed by atoms with E-state index in [1.807, 2.05) is 22.6 Å². The summed E-state index contributed by atoms with van der Waals surface area (Å²) in [5, 5.41) is -1.32. The molecule has 5 nitrogen and oxygen atoms in total. The van der Waals surface area contributed by atoms with Crippen molar-refractivity contribution in [3.63, 3.8) is 0 Å². The number of nitrogen functional groups attached to an aromatic ring is 1. The van der Waals surface area contributed by atoms with Gasteiger partial charge in [-0.15, -0.1) is 0 Å². The molecule has 76 valence electrons. The van der Waals surface area contributed by atoms with Crippen molar-refractivity contribution in [1.29, 1.82) is 0 Å². The van der Waals surface area contributed by atoms with E-state index in [4.69, 9.17) is 10.3 Å². The van der Waals surface area contributed by atoms with Gasteiger partial charge in [0.2, 0.25) is 0 Å². The first-order valence-electron chi connectivity index (χ1n) is 3.39. The maximum atomic E-state index is 11.0. The van der Waals surface area contributed by atoms with E-state index in [2.05, 4.69) is 0 Å². The zero-order chi connectivity index (χ0) is 10.9. The van der Waals surface area contributed by atoms with E-state index in [0.29, 0.717) is 9.26 Å². The lowest BCUT2D eigenvalue weighted by Gasteiger charge is -2.00. The minimum atomic E-state index is -4.67. The molecule has 1 rings (SSSR count). The lowest BCUT2D eigenvalue weighted by Crippen LogP contribution is -2.13. The van der Waals surface area contributed by atoms with Crippen LogP contribution in [0, 0.1) is 3.57 Å². The molecule has 7 heteroatoms. The molecule has 0 amide bonds. The average molecular weight is 327 g/mol. The number of nitrogens with two attached hydrogens (primary N) is 1. The largest absolute Gasteiger partial charge is 0.398 e. The molecule has 0 aliphatic heterocycles. The van der Waals surface area contributed by atoms with Crippen LogP contribution >= 0.6 is 22.6 Å². The first-order valence-corrected chi connectivity index (χ1v) is 5.91. The highest BCUT2D eigenvalue weighted by molar-refractivity contribution is 14.1. The van der Waals surface area contributed by atoms with Gasteiger partial charge < -0.3 is 5.73 Å². The van der Waals surface area contributed by atoms with Crippen molar-refractivity contribution in [1.82, 2.24) is 0 Å². The third-order valence-electron chi connectivity index (χ3n) is 1.47. The van der Waals surface area contributed by atoms with E-state index in [0.717, 1.165) is 0 Å². The summed E-state index contributed by atoms with van der Waals surface area (Å²) in [5.74, 6) is 0. The Morgan fingerprint density at radius 3 is 2.43 bits per heavy atom. The summed E-state index contributed by atoms with van der Waals surface area (Å²) in [7, 11) is -4.67. The van der Waals surface area contributed by atoms with Crippen LogP contribution in [0.5, 0.6) is 0 Å². The molecule has 0 saturated heterocycles. The van der Waals surface area contributed by atoms with E-state index in [9.17, 15) is 13.2 Å². The Bertz CT molecular complexity index is 482. The molecular formula is C7H6INO4S. The van der Waals surface area contributed by atoms with Crippen molar-refractivity contribution in [3.8, 4) is 0 Å². The van der Waals surface area contributed by atoms with Gasteiger partial charge in [0.25, 0.3) is 0 Å². The van der Waals surface area contributed by atoms with Crippen LogP contribution in [-0.4, -0.2) is 18.1 Å². The number of hydrogen-bond acceptors (Lipinski definition) is 4. The molecule has 0 fully saturated rings. The Hall–Kier alpha value is -0.670. The van der Waals surface area contributed by atoms with E-state index >= 15 is 0 Å². The van der Waals surface area contributed by atoms with Crippen LogP contribution in [0.3, 0.4) is 0 Å². The molecule has 0 spiro atoms. The molecule has 0 aromatic heterocycles. The number of halogens is 1. The smallest absolute Gasteiger partial charge is 0.333 e. The van der Waals surface area contributed by atoms with Crippen LogP contribution in [0.15, 0.2) is 18.2 Å². The fraction of sp³-hybridized carbons (Fsp3) is 0. The molecule has 0 saturated carbocycles. The monoisotopic (exact) mass is 327 g/mol. The van der Waals surface area contributed by atoms with Crippen molar-refractivity contribution < 1.29 is 17.8 Å². The fourth-order valence-electron chi connectivity index (χ4n) is 0.803. The molecule has 0 bridgehead atoms. The zero-order valence-corrected chi connectivity index (χ0v) is 9.74. The summed E-state index contributed by atoms with van der Waals surface area (Å²) in [6, 6.07) is 3.94. The molecule has 0 radical (unpaired) electrons. The van der Waals surface area contributed by atoms with Crippen molar-refractivity contribution >= 4 is 43.5 Å². The third-order valence-corrected chi connectivity index (χ3v) is 3.11. The fourth-order valence-corrected chi connectivity index (χ4v) is 1.74. The summed E-state index contributed by atoms with van der Waals surface area (Å²) in [4.78, 5) is 11.0. The average Bonchev–Trinajstić information content (AvgIpc) is 2.07. The first kappa shape index (κ1) is 11.4. The van der Waals surface area contributed by atoms with Gasteiger partial charge in [-0.05, 0) is 40.8 Å². The summed E-state index contributed by atoms with van der Waals surface area (Å²) in [6.07, 6.45) is 0. The molecule has 14 heavy (non-hydrogen) atoms. The van der Waals surface area contributed by atoms with Crippen LogP contribution in [-0.2, 0) is 10.1 Å². The second kappa shape index (κ2) is 3.83. The first-order chi connectivity index (χ1) is 6.32. The van der Waals surface area contributed by atoms with Gasteiger partial charge in [-0.3, -0.25) is 9.35 Å². The second-order valence-electron chi connectivity index (χ2n) is 2.50. The predicted molar refractivity (Wildman–Crippen MR) is 59.5 cm³/mol. The molecule has 0 aliphatic carbocycles. The number of carbonyl (C=O) groups is 1. The highest BCUT2D eigenvalue weighted by Gasteiger charge is 2.20. The predicted octanol–water partition coefficient (Wildman–Crippen LogP) is 0.901. The van der Waals surface area contributed by atoms with Crippen molar-refractivity contribution in [3.05, 3.63) is 27.3 Å². The number of anilines is 1. The summed E-state index contributed by atoms with van der Waals surface area (Å²) in [5.41, 5.74) is 5.80. The van der Waals surface area contributed by atoms with Gasteiger partial charge in [-0.2, -0.15) is 8.42 Å². The maximum Gasteiger partial charge on any atom is 0.333 e. The maximum absolute atomic E-state index is 11.0. The summed E-state index contributed by atoms with van der Waals surface area (Å²) in [6.45, 7) is 0. The van der Waals surface area contributed by atoms with E-state index in [1.165, 1.54) is 18.2 Å². The van der Waals surface area contributed by atoms with Crippen molar-refractivity contribution in [2.75, 3.05) is 5.73 Å². The summed E-state index contributed by atoms with van der Waals surface area (Å²) >= 11 is 1.86. The highest BCUT2D eigenvalue weighted by atomic mass is 127. The van der Waals surface area contributed by atoms with Crippen LogP contribution in [0.25, 0.3) is 0 Å². The van der Waals surface area contributed by atoms with Gasteiger partial charge in [-0.1, -0.05) is 0 Å². The molecule has 1 aromatic carbocycles. The topological polar surface area (TPSA) is 97.5 Å². The Balaban J connectivity index is 3.23. The minimum Gasteiger partial charge on any atom is -0.398 e. The number of hydrogen-bond donors (Lipinski definition) is 2. The van der Waals surface area contributed by atoms with Gasteiger partial charge >= 0.3 is 15.2 Å². The van der Waals surface area contributed by atoms with Gasteiger partial charge in [-0.25, -0.2) is 0 Å². The number of rotatable bonds is 1. The second-order valence-corrected chi connectivity index (χ2v) is 4.98. The highest BCUT2D eigenvalue weighted by Crippen LogP contribution is 2.17. The molecule has 0 unspecified atom stereocenters. The van der Waals surface area contributed by atoms with E-state index < -0.39 is 15.2 Å². The van der Waals surface area contributed by atoms with Gasteiger partial charge in [0, 0.05) is 14.8 Å². The van der Waals surface area contributed by atoms with Crippen molar-refractivity contribution in [2.24, 2.45) is 0 Å². The molecular weight excluding hydrogens is 321 g/mol. The standard InChI is InChI=1S/C7H6INO4S/c8-5-3-4(1-2-6(5)9)7(10)14(11,12)13/h1-3H,9H2,(H,11,12,13). The lowest BCUT2D eigenvalue weighted by atomic mass is 10.2. The van der Waals surface area contributed by atoms with Crippen LogP contribution in [0.2, 0.25) is 0 Å². The van der Waals surface area contributed by atoms with Crippen LogP contribution < -0.4 is 5.73 Å². The lowest BCUT2D eigenvalue weighted by molar-refractivity contribution is 0.106. The quantitative estimate of drug-likeness (QED) is 0.454. The van der Waals surface area contributed by atoms with Gasteiger partial charge in [0.15, 0.2) is 0 Å². The minimum absolute atomic E-state index is 0.105. The van der Waals surface area contributed by atoms with Gasteiger partial charge in [0.05, 0.1) is 0 Å². The number of benzene rings is 1. The van der Waals surface area contributed by atoms with Crippen LogP contribution in [0.4, 0.5) is 5.69 Å². The molecule has 3 N–H and O–H groups in total. The molecule has 0 atom stereocenters. The van der Waals surface area contributed by atoms with E-state index in [-0.39, 0.29) is 5.56 Å². The Labute approximate surface area is 94.2 Å². The SMILES string of the molecule is Nc1ccc(C(=O)S(=O)(=O)O)cc1I. The van der Waals surface area contributed by atoms with Crippen LogP contribution in [0.1, 0.15) is 10.4 Å². The Morgan fingerprint density at radius 2 is 2.00 bits per heavy atom. The third kappa shape index (κ3) is 2.42. The molecule has 0 heterocycles. The summed E-state index contributed by atoms with van der Waals surface area (Å²) < 4.78 is 30.0. The zero-order valence-electron chi connectivity index (χ0n) is 6.77. The Kier molecular flexibility index (Phi) is 3.12. The number of carbonyl (C=O) groups excluding carboxylic acids is 1. The van der Waals surface area contributed by atoms with Crippen molar-refractivity contribution in [2.45, 2.75) is 0 Å². The molecule has 1 aromatic rings. The Morgan fingerprint density at radius 1 is 1.43 bits per heavy atom. The normalized spacial score (nSPS) is 11.3.